The zero-order valence-corrected chi connectivity index (χ0v) is 14.3. The van der Waals surface area contributed by atoms with E-state index in [0.29, 0.717) is 18.1 Å². The van der Waals surface area contributed by atoms with Crippen LogP contribution in [0.5, 0.6) is 0 Å². The van der Waals surface area contributed by atoms with Crippen LogP contribution in [0.25, 0.3) is 10.6 Å². The lowest BCUT2D eigenvalue weighted by molar-refractivity contribution is 0.0712. The molecule has 2 N–H and O–H groups in total. The van der Waals surface area contributed by atoms with E-state index >= 15 is 0 Å². The molecule has 0 saturated heterocycles. The Labute approximate surface area is 140 Å². The van der Waals surface area contributed by atoms with Crippen LogP contribution in [0.4, 0.5) is 0 Å². The summed E-state index contributed by atoms with van der Waals surface area (Å²) < 4.78 is 0. The molecule has 0 saturated carbocycles. The second kappa shape index (κ2) is 8.04. The Hall–Kier alpha value is -0.980. The molecule has 0 aliphatic heterocycles. The third-order valence-electron chi connectivity index (χ3n) is 3.39. The van der Waals surface area contributed by atoms with Gasteiger partial charge in [0.2, 0.25) is 0 Å². The molecule has 0 aliphatic carbocycles. The summed E-state index contributed by atoms with van der Waals surface area (Å²) in [6, 6.07) is 7.59. The summed E-state index contributed by atoms with van der Waals surface area (Å²) in [5.41, 5.74) is 1.98. The molecule has 2 rings (SSSR count). The first kappa shape index (κ1) is 17.4. The zero-order valence-electron chi connectivity index (χ0n) is 12.7. The Kier molecular flexibility index (Phi) is 6.35. The summed E-state index contributed by atoms with van der Waals surface area (Å²) >= 11 is 7.48. The maximum Gasteiger partial charge on any atom is 0.123 e. The number of aliphatic hydroxyl groups excluding tert-OH is 2. The minimum atomic E-state index is -0.441. The van der Waals surface area contributed by atoms with Crippen molar-refractivity contribution >= 4 is 22.9 Å². The average molecular weight is 341 g/mol. The lowest BCUT2D eigenvalue weighted by Gasteiger charge is -2.28. The van der Waals surface area contributed by atoms with Gasteiger partial charge >= 0.3 is 0 Å². The highest BCUT2D eigenvalue weighted by molar-refractivity contribution is 7.13. The van der Waals surface area contributed by atoms with Gasteiger partial charge in [-0.15, -0.1) is 11.3 Å². The van der Waals surface area contributed by atoms with Gasteiger partial charge < -0.3 is 10.2 Å². The van der Waals surface area contributed by atoms with Gasteiger partial charge in [-0.3, -0.25) is 4.90 Å². The number of nitrogens with zero attached hydrogens (tertiary/aromatic N) is 2. The van der Waals surface area contributed by atoms with Crippen LogP contribution < -0.4 is 0 Å². The molecule has 1 aromatic carbocycles. The topological polar surface area (TPSA) is 56.6 Å². The van der Waals surface area contributed by atoms with E-state index in [1.165, 1.54) is 0 Å². The summed E-state index contributed by atoms with van der Waals surface area (Å²) in [5.74, 6) is 0. The molecular weight excluding hydrogens is 320 g/mol. The molecule has 0 amide bonds. The smallest absolute Gasteiger partial charge is 0.123 e. The van der Waals surface area contributed by atoms with Crippen molar-refractivity contribution in [2.45, 2.75) is 32.5 Å². The summed E-state index contributed by atoms with van der Waals surface area (Å²) in [6.45, 7) is 4.86. The fraction of sp³-hybridized carbons (Fsp3) is 0.438. The summed E-state index contributed by atoms with van der Waals surface area (Å²) in [7, 11) is 0. The number of rotatable bonds is 7. The van der Waals surface area contributed by atoms with Gasteiger partial charge in [0, 0.05) is 35.1 Å². The van der Waals surface area contributed by atoms with Crippen LogP contribution in [0.15, 0.2) is 29.6 Å². The standard InChI is InChI=1S/C16H21ClN2O2S/c1-11(9-20)19(7-12(2)21)8-15-10-22-16(18-15)13-3-5-14(17)6-4-13/h3-6,10-12,20-21H,7-9H2,1-2H3/t11-,12-/m1/s1. The quantitative estimate of drug-likeness (QED) is 0.813. The van der Waals surface area contributed by atoms with E-state index < -0.39 is 6.10 Å². The highest BCUT2D eigenvalue weighted by atomic mass is 35.5. The van der Waals surface area contributed by atoms with Crippen LogP contribution in [0.2, 0.25) is 5.02 Å². The Balaban J connectivity index is 2.10. The highest BCUT2D eigenvalue weighted by Gasteiger charge is 2.17. The van der Waals surface area contributed by atoms with E-state index in [-0.39, 0.29) is 12.6 Å². The van der Waals surface area contributed by atoms with Crippen LogP contribution in [-0.2, 0) is 6.54 Å². The Bertz CT molecular complexity index is 586. The first-order valence-electron chi connectivity index (χ1n) is 7.23. The third kappa shape index (κ3) is 4.76. The zero-order chi connectivity index (χ0) is 16.1. The van der Waals surface area contributed by atoms with E-state index in [9.17, 15) is 10.2 Å². The van der Waals surface area contributed by atoms with Crippen LogP contribution in [0, 0.1) is 0 Å². The van der Waals surface area contributed by atoms with E-state index in [4.69, 9.17) is 11.6 Å². The normalized spacial score (nSPS) is 14.3. The molecule has 2 aromatic rings. The van der Waals surface area contributed by atoms with Gasteiger partial charge in [0.25, 0.3) is 0 Å². The van der Waals surface area contributed by atoms with E-state index in [0.717, 1.165) is 16.3 Å². The molecule has 120 valence electrons. The number of halogens is 1. The van der Waals surface area contributed by atoms with Gasteiger partial charge in [-0.1, -0.05) is 23.7 Å². The molecule has 0 aliphatic rings. The molecule has 0 fully saturated rings. The largest absolute Gasteiger partial charge is 0.395 e. The van der Waals surface area contributed by atoms with Crippen molar-refractivity contribution in [3.05, 3.63) is 40.4 Å². The molecule has 4 nitrogen and oxygen atoms in total. The van der Waals surface area contributed by atoms with E-state index in [2.05, 4.69) is 4.98 Å². The van der Waals surface area contributed by atoms with Gasteiger partial charge in [0.15, 0.2) is 0 Å². The molecule has 0 spiro atoms. The molecule has 1 heterocycles. The lowest BCUT2D eigenvalue weighted by Crippen LogP contribution is -2.39. The monoisotopic (exact) mass is 340 g/mol. The van der Waals surface area contributed by atoms with Crippen molar-refractivity contribution in [1.82, 2.24) is 9.88 Å². The molecule has 0 radical (unpaired) electrons. The maximum atomic E-state index is 9.60. The number of aromatic nitrogens is 1. The molecule has 0 bridgehead atoms. The Morgan fingerprint density at radius 2 is 1.95 bits per heavy atom. The summed E-state index contributed by atoms with van der Waals surface area (Å²) in [6.07, 6.45) is -0.441. The van der Waals surface area contributed by atoms with Crippen molar-refractivity contribution in [3.63, 3.8) is 0 Å². The van der Waals surface area contributed by atoms with Crippen LogP contribution in [-0.4, -0.2) is 45.4 Å². The number of hydrogen-bond acceptors (Lipinski definition) is 5. The van der Waals surface area contributed by atoms with E-state index in [1.807, 2.05) is 41.5 Å². The fourth-order valence-electron chi connectivity index (χ4n) is 2.17. The van der Waals surface area contributed by atoms with Gasteiger partial charge in [-0.05, 0) is 26.0 Å². The van der Waals surface area contributed by atoms with Crippen molar-refractivity contribution in [2.24, 2.45) is 0 Å². The van der Waals surface area contributed by atoms with Crippen molar-refractivity contribution in [2.75, 3.05) is 13.2 Å². The van der Waals surface area contributed by atoms with Crippen molar-refractivity contribution < 1.29 is 10.2 Å². The van der Waals surface area contributed by atoms with Gasteiger partial charge in [-0.2, -0.15) is 0 Å². The molecule has 2 atom stereocenters. The third-order valence-corrected chi connectivity index (χ3v) is 4.59. The van der Waals surface area contributed by atoms with Crippen molar-refractivity contribution in [1.29, 1.82) is 0 Å². The van der Waals surface area contributed by atoms with Crippen LogP contribution in [0.3, 0.4) is 0 Å². The lowest BCUT2D eigenvalue weighted by atomic mass is 10.2. The Morgan fingerprint density at radius 3 is 2.55 bits per heavy atom. The second-order valence-electron chi connectivity index (χ2n) is 5.46. The number of hydrogen-bond donors (Lipinski definition) is 2. The van der Waals surface area contributed by atoms with Gasteiger partial charge in [0.05, 0.1) is 18.4 Å². The van der Waals surface area contributed by atoms with Crippen LogP contribution >= 0.6 is 22.9 Å². The molecule has 22 heavy (non-hydrogen) atoms. The average Bonchev–Trinajstić information content (AvgIpc) is 2.94. The number of benzene rings is 1. The van der Waals surface area contributed by atoms with Gasteiger partial charge in [0.1, 0.15) is 5.01 Å². The van der Waals surface area contributed by atoms with Crippen molar-refractivity contribution in [3.8, 4) is 10.6 Å². The first-order valence-corrected chi connectivity index (χ1v) is 8.48. The summed E-state index contributed by atoms with van der Waals surface area (Å²) in [4.78, 5) is 6.68. The molecular formula is C16H21ClN2O2S. The number of aliphatic hydroxyl groups is 2. The predicted molar refractivity (Wildman–Crippen MR) is 91.2 cm³/mol. The Morgan fingerprint density at radius 1 is 1.27 bits per heavy atom. The summed E-state index contributed by atoms with van der Waals surface area (Å²) in [5, 5.41) is 22.6. The SMILES string of the molecule is C[C@H](CO)N(Cc1csc(-c2ccc(Cl)cc2)n1)C[C@@H](C)O. The highest BCUT2D eigenvalue weighted by Crippen LogP contribution is 2.25. The van der Waals surface area contributed by atoms with Crippen LogP contribution in [0.1, 0.15) is 19.5 Å². The predicted octanol–water partition coefficient (Wildman–Crippen LogP) is 3.03. The molecule has 0 unspecified atom stereocenters. The van der Waals surface area contributed by atoms with Gasteiger partial charge in [-0.25, -0.2) is 4.98 Å². The minimum Gasteiger partial charge on any atom is -0.395 e. The fourth-order valence-corrected chi connectivity index (χ4v) is 3.11. The minimum absolute atomic E-state index is 0.0183. The molecule has 1 aromatic heterocycles. The second-order valence-corrected chi connectivity index (χ2v) is 6.76. The number of thiazole rings is 1. The molecule has 6 heteroatoms. The maximum absolute atomic E-state index is 9.60. The first-order chi connectivity index (χ1) is 10.5. The van der Waals surface area contributed by atoms with E-state index in [1.54, 1.807) is 18.3 Å².